The van der Waals surface area contributed by atoms with Gasteiger partial charge in [-0.05, 0) is 52.7 Å². The van der Waals surface area contributed by atoms with Crippen LogP contribution in [-0.4, -0.2) is 10.9 Å². The molecule has 4 N–H and O–H groups in total. The number of nitrogens with zero attached hydrogens (tertiary/aromatic N) is 1. The predicted octanol–water partition coefficient (Wildman–Crippen LogP) is 2.83. The minimum absolute atomic E-state index is 0.183. The van der Waals surface area contributed by atoms with Crippen molar-refractivity contribution >= 4 is 33.2 Å². The van der Waals surface area contributed by atoms with Crippen molar-refractivity contribution in [2.75, 3.05) is 10.7 Å². The molecule has 7 heteroatoms. The number of hydrazine groups is 1. The maximum atomic E-state index is 13.5. The monoisotopic (exact) mass is 338 g/mol. The smallest absolute Gasteiger partial charge is 0.274 e. The Labute approximate surface area is 123 Å². The normalized spacial score (nSPS) is 10.2. The molecule has 0 spiro atoms. The highest BCUT2D eigenvalue weighted by Crippen LogP contribution is 2.24. The molecule has 2 aromatic rings. The number of carbonyl (C=O) groups excluding carboxylic acids is 1. The number of hydrogen-bond acceptors (Lipinski definition) is 4. The number of carbonyl (C=O) groups is 1. The number of nitrogens with one attached hydrogen (secondary N) is 2. The number of amides is 1. The molecule has 20 heavy (non-hydrogen) atoms. The average molecular weight is 339 g/mol. The molecule has 5 nitrogen and oxygen atoms in total. The number of nitrogen functional groups attached to an aromatic ring is 1. The lowest BCUT2D eigenvalue weighted by Gasteiger charge is -2.09. The highest BCUT2D eigenvalue weighted by Gasteiger charge is 2.12. The summed E-state index contributed by atoms with van der Waals surface area (Å²) >= 11 is 3.09. The van der Waals surface area contributed by atoms with Crippen LogP contribution >= 0.6 is 15.9 Å². The summed E-state index contributed by atoms with van der Waals surface area (Å²) in [5.41, 5.74) is 4.30. The summed E-state index contributed by atoms with van der Waals surface area (Å²) in [6.45, 7) is 1.77. The van der Waals surface area contributed by atoms with Gasteiger partial charge in [-0.2, -0.15) is 0 Å². The molecule has 0 aliphatic rings. The third kappa shape index (κ3) is 3.12. The molecular weight excluding hydrogens is 327 g/mol. The van der Waals surface area contributed by atoms with E-state index in [9.17, 15) is 9.18 Å². The topological polar surface area (TPSA) is 80.0 Å². The molecule has 1 aromatic carbocycles. The van der Waals surface area contributed by atoms with Gasteiger partial charge in [0.2, 0.25) is 0 Å². The fraction of sp³-hybridized carbons (Fsp3) is 0.0769. The Morgan fingerprint density at radius 2 is 2.15 bits per heavy atom. The molecule has 0 radical (unpaired) electrons. The third-order valence-electron chi connectivity index (χ3n) is 2.67. The largest absolute Gasteiger partial charge is 0.324 e. The maximum Gasteiger partial charge on any atom is 0.274 e. The third-order valence-corrected chi connectivity index (χ3v) is 3.28. The van der Waals surface area contributed by atoms with Crippen LogP contribution in [0.5, 0.6) is 0 Å². The Hall–Kier alpha value is -1.99. The van der Waals surface area contributed by atoms with Crippen molar-refractivity contribution in [3.63, 3.8) is 0 Å². The van der Waals surface area contributed by atoms with Gasteiger partial charge in [-0.15, -0.1) is 0 Å². The molecule has 0 unspecified atom stereocenters. The van der Waals surface area contributed by atoms with E-state index in [2.05, 4.69) is 31.7 Å². The van der Waals surface area contributed by atoms with Crippen LogP contribution in [0.4, 0.5) is 15.8 Å². The number of halogens is 2. The zero-order chi connectivity index (χ0) is 14.7. The van der Waals surface area contributed by atoms with Crippen molar-refractivity contribution in [1.29, 1.82) is 0 Å². The first-order valence-electron chi connectivity index (χ1n) is 5.71. The summed E-state index contributed by atoms with van der Waals surface area (Å²) in [7, 11) is 0. The van der Waals surface area contributed by atoms with E-state index in [1.165, 1.54) is 18.3 Å². The highest BCUT2D eigenvalue weighted by atomic mass is 79.9. The lowest BCUT2D eigenvalue weighted by atomic mass is 10.2. The Bertz CT molecular complexity index is 663. The Morgan fingerprint density at radius 1 is 1.40 bits per heavy atom. The van der Waals surface area contributed by atoms with Crippen molar-refractivity contribution in [2.24, 2.45) is 5.84 Å². The van der Waals surface area contributed by atoms with Crippen LogP contribution in [0.1, 0.15) is 16.1 Å². The summed E-state index contributed by atoms with van der Waals surface area (Å²) in [5.74, 6) is 4.38. The molecule has 1 heterocycles. The molecule has 0 saturated carbocycles. The summed E-state index contributed by atoms with van der Waals surface area (Å²) < 4.78 is 13.8. The number of rotatable bonds is 3. The molecule has 1 amide bonds. The van der Waals surface area contributed by atoms with Crippen molar-refractivity contribution in [3.8, 4) is 0 Å². The standard InChI is InChI=1S/C13H12BrFN4O/c1-7-4-9(14)10(15)6-11(7)18-13(20)12-5-8(19-16)2-3-17-12/h2-6H,16H2,1H3,(H,17,19)(H,18,20). The molecule has 2 rings (SSSR count). The first kappa shape index (κ1) is 14.4. The molecule has 0 aliphatic heterocycles. The maximum absolute atomic E-state index is 13.5. The van der Waals surface area contributed by atoms with E-state index in [-0.39, 0.29) is 5.69 Å². The number of hydrogen-bond donors (Lipinski definition) is 3. The molecule has 0 aliphatic carbocycles. The van der Waals surface area contributed by atoms with E-state index < -0.39 is 11.7 Å². The van der Waals surface area contributed by atoms with Gasteiger partial charge in [-0.1, -0.05) is 0 Å². The molecule has 0 saturated heterocycles. The number of anilines is 2. The Balaban J connectivity index is 2.25. The summed E-state index contributed by atoms with van der Waals surface area (Å²) in [5, 5.41) is 2.61. The number of nitrogens with two attached hydrogens (primary N) is 1. The van der Waals surface area contributed by atoms with E-state index >= 15 is 0 Å². The van der Waals surface area contributed by atoms with Gasteiger partial charge in [-0.25, -0.2) is 4.39 Å². The number of aryl methyl sites for hydroxylation is 1. The minimum Gasteiger partial charge on any atom is -0.324 e. The predicted molar refractivity (Wildman–Crippen MR) is 78.8 cm³/mol. The van der Waals surface area contributed by atoms with Crippen molar-refractivity contribution in [3.05, 3.63) is 52.0 Å². The molecule has 1 aromatic heterocycles. The van der Waals surface area contributed by atoms with Gasteiger partial charge in [0, 0.05) is 11.9 Å². The number of benzene rings is 1. The number of aromatic nitrogens is 1. The van der Waals surface area contributed by atoms with E-state index in [1.54, 1.807) is 19.1 Å². The van der Waals surface area contributed by atoms with Crippen LogP contribution in [0.15, 0.2) is 34.9 Å². The van der Waals surface area contributed by atoms with E-state index in [1.807, 2.05) is 0 Å². The first-order chi connectivity index (χ1) is 9.51. The van der Waals surface area contributed by atoms with Gasteiger partial charge >= 0.3 is 0 Å². The molecule has 104 valence electrons. The van der Waals surface area contributed by atoms with Gasteiger partial charge in [0.15, 0.2) is 0 Å². The molecule has 0 fully saturated rings. The molecular formula is C13H12BrFN4O. The minimum atomic E-state index is -0.448. The Kier molecular flexibility index (Phi) is 4.31. The SMILES string of the molecule is Cc1cc(Br)c(F)cc1NC(=O)c1cc(NN)ccn1. The average Bonchev–Trinajstić information content (AvgIpc) is 2.44. The molecule has 0 bridgehead atoms. The van der Waals surface area contributed by atoms with E-state index in [0.29, 0.717) is 15.8 Å². The quantitative estimate of drug-likeness (QED) is 0.593. The second-order valence-corrected chi connectivity index (χ2v) is 4.96. The first-order valence-corrected chi connectivity index (χ1v) is 6.50. The van der Waals surface area contributed by atoms with Crippen molar-refractivity contribution in [2.45, 2.75) is 6.92 Å². The van der Waals surface area contributed by atoms with E-state index in [0.717, 1.165) is 5.56 Å². The van der Waals surface area contributed by atoms with E-state index in [4.69, 9.17) is 5.84 Å². The van der Waals surface area contributed by atoms with Gasteiger partial charge in [0.1, 0.15) is 11.5 Å². The van der Waals surface area contributed by atoms with Crippen LogP contribution in [0.3, 0.4) is 0 Å². The lowest BCUT2D eigenvalue weighted by molar-refractivity contribution is 0.102. The van der Waals surface area contributed by atoms with Gasteiger partial charge in [-0.3, -0.25) is 15.6 Å². The van der Waals surface area contributed by atoms with Gasteiger partial charge in [0.05, 0.1) is 10.2 Å². The fourth-order valence-corrected chi connectivity index (χ4v) is 2.07. The van der Waals surface area contributed by atoms with Crippen molar-refractivity contribution < 1.29 is 9.18 Å². The fourth-order valence-electron chi connectivity index (χ4n) is 1.61. The van der Waals surface area contributed by atoms with Crippen LogP contribution in [0.25, 0.3) is 0 Å². The van der Waals surface area contributed by atoms with Gasteiger partial charge in [0.25, 0.3) is 5.91 Å². The summed E-state index contributed by atoms with van der Waals surface area (Å²) in [4.78, 5) is 16.0. The van der Waals surface area contributed by atoms with Crippen LogP contribution in [0, 0.1) is 12.7 Å². The Morgan fingerprint density at radius 3 is 2.85 bits per heavy atom. The summed E-state index contributed by atoms with van der Waals surface area (Å²) in [6, 6.07) is 5.97. The van der Waals surface area contributed by atoms with Crippen LogP contribution < -0.4 is 16.6 Å². The molecule has 0 atom stereocenters. The second kappa shape index (κ2) is 5.98. The highest BCUT2D eigenvalue weighted by molar-refractivity contribution is 9.10. The van der Waals surface area contributed by atoms with Crippen LogP contribution in [-0.2, 0) is 0 Å². The lowest BCUT2D eigenvalue weighted by Crippen LogP contribution is -2.16. The number of pyridine rings is 1. The zero-order valence-electron chi connectivity index (χ0n) is 10.6. The summed E-state index contributed by atoms with van der Waals surface area (Å²) in [6.07, 6.45) is 1.46. The second-order valence-electron chi connectivity index (χ2n) is 4.11. The van der Waals surface area contributed by atoms with Gasteiger partial charge < -0.3 is 10.7 Å². The van der Waals surface area contributed by atoms with Crippen molar-refractivity contribution in [1.82, 2.24) is 4.98 Å². The zero-order valence-corrected chi connectivity index (χ0v) is 12.2. The van der Waals surface area contributed by atoms with Crippen LogP contribution in [0.2, 0.25) is 0 Å².